The second-order valence-electron chi connectivity index (χ2n) is 4.21. The predicted molar refractivity (Wildman–Crippen MR) is 80.4 cm³/mol. The van der Waals surface area contributed by atoms with Gasteiger partial charge in [0.25, 0.3) is 0 Å². The molecule has 0 aliphatic rings. The molecule has 0 aliphatic carbocycles. The van der Waals surface area contributed by atoms with Crippen molar-refractivity contribution in [2.45, 2.75) is 60.3 Å². The number of allylic oxidation sites excluding steroid dienone is 2. The number of benzene rings is 1. The molecule has 0 saturated heterocycles. The zero-order valence-corrected chi connectivity index (χ0v) is 12.7. The second kappa shape index (κ2) is 8.91. The quantitative estimate of drug-likeness (QED) is 0.598. The van der Waals surface area contributed by atoms with E-state index in [-0.39, 0.29) is 5.82 Å². The molecule has 0 spiro atoms. The van der Waals surface area contributed by atoms with Crippen molar-refractivity contribution >= 4 is 5.57 Å². The van der Waals surface area contributed by atoms with Crippen LogP contribution in [0.25, 0.3) is 5.57 Å². The van der Waals surface area contributed by atoms with Gasteiger partial charge in [0, 0.05) is 0 Å². The van der Waals surface area contributed by atoms with Crippen LogP contribution < -0.4 is 0 Å². The van der Waals surface area contributed by atoms with Crippen LogP contribution in [0.3, 0.4) is 0 Å². The van der Waals surface area contributed by atoms with Gasteiger partial charge in [-0.1, -0.05) is 46.8 Å². The summed E-state index contributed by atoms with van der Waals surface area (Å²) in [5, 5.41) is 0. The van der Waals surface area contributed by atoms with Gasteiger partial charge in [0.15, 0.2) is 0 Å². The van der Waals surface area contributed by atoms with Gasteiger partial charge in [-0.15, -0.1) is 0 Å². The van der Waals surface area contributed by atoms with Crippen LogP contribution in [0.15, 0.2) is 24.3 Å². The Balaban J connectivity index is 0.00000137. The maximum Gasteiger partial charge on any atom is 0.123 e. The smallest absolute Gasteiger partial charge is 0.123 e. The summed E-state index contributed by atoms with van der Waals surface area (Å²) in [5.41, 5.74) is 3.58. The van der Waals surface area contributed by atoms with Crippen LogP contribution in [-0.4, -0.2) is 0 Å². The maximum absolute atomic E-state index is 13.3. The normalized spacial score (nSPS) is 12.7. The van der Waals surface area contributed by atoms with E-state index in [9.17, 15) is 4.39 Å². The minimum atomic E-state index is -0.144. The summed E-state index contributed by atoms with van der Waals surface area (Å²) in [6.07, 6.45) is 4.11. The molecular formula is C17H27F. The Hall–Kier alpha value is -1.11. The third-order valence-corrected chi connectivity index (χ3v) is 3.23. The summed E-state index contributed by atoms with van der Waals surface area (Å²) >= 11 is 0. The summed E-state index contributed by atoms with van der Waals surface area (Å²) in [5.74, 6) is 0.340. The highest BCUT2D eigenvalue weighted by Gasteiger charge is 2.12. The van der Waals surface area contributed by atoms with E-state index in [0.717, 1.165) is 18.4 Å². The highest BCUT2D eigenvalue weighted by Crippen LogP contribution is 2.30. The molecule has 0 N–H and O–H groups in total. The number of hydrogen-bond donors (Lipinski definition) is 0. The van der Waals surface area contributed by atoms with Gasteiger partial charge in [-0.05, 0) is 54.5 Å². The van der Waals surface area contributed by atoms with E-state index in [2.05, 4.69) is 26.8 Å². The molecule has 1 atom stereocenters. The zero-order valence-electron chi connectivity index (χ0n) is 12.7. The first-order valence-electron chi connectivity index (χ1n) is 7.09. The average Bonchev–Trinajstić information content (AvgIpc) is 2.42. The van der Waals surface area contributed by atoms with E-state index in [1.807, 2.05) is 26.8 Å². The van der Waals surface area contributed by atoms with Gasteiger partial charge >= 0.3 is 0 Å². The van der Waals surface area contributed by atoms with Crippen molar-refractivity contribution in [2.75, 3.05) is 0 Å². The fraction of sp³-hybridized carbons (Fsp3) is 0.529. The maximum atomic E-state index is 13.3. The van der Waals surface area contributed by atoms with Crippen molar-refractivity contribution in [2.24, 2.45) is 0 Å². The molecule has 1 heteroatoms. The summed E-state index contributed by atoms with van der Waals surface area (Å²) in [4.78, 5) is 0. The van der Waals surface area contributed by atoms with Gasteiger partial charge in [0.1, 0.15) is 5.82 Å². The lowest BCUT2D eigenvalue weighted by Gasteiger charge is -2.16. The van der Waals surface area contributed by atoms with Crippen LogP contribution in [0.5, 0.6) is 0 Å². The molecule has 1 unspecified atom stereocenters. The highest BCUT2D eigenvalue weighted by molar-refractivity contribution is 5.68. The van der Waals surface area contributed by atoms with E-state index >= 15 is 0 Å². The molecule has 0 saturated carbocycles. The van der Waals surface area contributed by atoms with Gasteiger partial charge in [0.05, 0.1) is 0 Å². The van der Waals surface area contributed by atoms with E-state index in [0.29, 0.717) is 5.92 Å². The molecule has 0 aliphatic heterocycles. The Labute approximate surface area is 112 Å². The van der Waals surface area contributed by atoms with Gasteiger partial charge in [0.2, 0.25) is 0 Å². The minimum absolute atomic E-state index is 0.144. The summed E-state index contributed by atoms with van der Waals surface area (Å²) in [7, 11) is 0. The van der Waals surface area contributed by atoms with Gasteiger partial charge < -0.3 is 0 Å². The van der Waals surface area contributed by atoms with Crippen molar-refractivity contribution < 1.29 is 4.39 Å². The lowest BCUT2D eigenvalue weighted by molar-refractivity contribution is 0.624. The number of hydrogen-bond acceptors (Lipinski definition) is 0. The van der Waals surface area contributed by atoms with Crippen LogP contribution >= 0.6 is 0 Å². The average molecular weight is 250 g/mol. The molecule has 0 radical (unpaired) electrons. The molecule has 0 amide bonds. The molecule has 18 heavy (non-hydrogen) atoms. The summed E-state index contributed by atoms with van der Waals surface area (Å²) in [6.45, 7) is 12.5. The van der Waals surface area contributed by atoms with E-state index in [1.54, 1.807) is 12.1 Å². The minimum Gasteiger partial charge on any atom is -0.207 e. The third-order valence-electron chi connectivity index (χ3n) is 3.23. The van der Waals surface area contributed by atoms with Crippen molar-refractivity contribution in [3.05, 3.63) is 41.2 Å². The van der Waals surface area contributed by atoms with E-state index in [4.69, 9.17) is 0 Å². The number of halogens is 1. The third kappa shape index (κ3) is 4.29. The molecule has 1 rings (SSSR count). The van der Waals surface area contributed by atoms with E-state index < -0.39 is 0 Å². The van der Waals surface area contributed by atoms with Crippen LogP contribution in [0.1, 0.15) is 71.4 Å². The molecule has 0 nitrogen and oxygen atoms in total. The molecule has 1 aromatic rings. The Morgan fingerprint density at radius 1 is 1.28 bits per heavy atom. The fourth-order valence-electron chi connectivity index (χ4n) is 2.01. The first-order chi connectivity index (χ1) is 8.63. The van der Waals surface area contributed by atoms with Crippen molar-refractivity contribution in [3.63, 3.8) is 0 Å². The van der Waals surface area contributed by atoms with Crippen molar-refractivity contribution in [3.8, 4) is 0 Å². The molecule has 0 fully saturated rings. The second-order valence-corrected chi connectivity index (χ2v) is 4.21. The molecule has 0 bridgehead atoms. The SMILES string of the molecule is C/C=C(/CC)c1cc(F)ccc1C(C)CC.CC. The monoisotopic (exact) mass is 250 g/mol. The number of rotatable bonds is 4. The summed E-state index contributed by atoms with van der Waals surface area (Å²) < 4.78 is 13.3. The molecule has 1 aromatic carbocycles. The molecular weight excluding hydrogens is 223 g/mol. The zero-order chi connectivity index (χ0) is 14.1. The first kappa shape index (κ1) is 16.9. The van der Waals surface area contributed by atoms with Crippen molar-refractivity contribution in [1.29, 1.82) is 0 Å². The molecule has 0 aromatic heterocycles. The Bertz CT molecular complexity index is 377. The van der Waals surface area contributed by atoms with Gasteiger partial charge in [-0.25, -0.2) is 4.39 Å². The Morgan fingerprint density at radius 3 is 2.33 bits per heavy atom. The van der Waals surface area contributed by atoms with Crippen LogP contribution in [-0.2, 0) is 0 Å². The van der Waals surface area contributed by atoms with Crippen LogP contribution in [0.4, 0.5) is 4.39 Å². The Kier molecular flexibility index (Phi) is 8.36. The largest absolute Gasteiger partial charge is 0.207 e. The van der Waals surface area contributed by atoms with Crippen LogP contribution in [0.2, 0.25) is 0 Å². The fourth-order valence-corrected chi connectivity index (χ4v) is 2.01. The van der Waals surface area contributed by atoms with Crippen molar-refractivity contribution in [1.82, 2.24) is 0 Å². The summed E-state index contributed by atoms with van der Waals surface area (Å²) in [6, 6.07) is 5.16. The van der Waals surface area contributed by atoms with E-state index in [1.165, 1.54) is 11.1 Å². The lowest BCUT2D eigenvalue weighted by Crippen LogP contribution is -1.99. The van der Waals surface area contributed by atoms with Gasteiger partial charge in [-0.3, -0.25) is 0 Å². The van der Waals surface area contributed by atoms with Crippen LogP contribution in [0, 0.1) is 5.82 Å². The molecule has 102 valence electrons. The predicted octanol–water partition coefficient (Wildman–Crippen LogP) is 6.18. The topological polar surface area (TPSA) is 0 Å². The molecule has 0 heterocycles. The first-order valence-corrected chi connectivity index (χ1v) is 7.09. The lowest BCUT2D eigenvalue weighted by atomic mass is 9.89. The highest BCUT2D eigenvalue weighted by atomic mass is 19.1. The van der Waals surface area contributed by atoms with Gasteiger partial charge in [-0.2, -0.15) is 0 Å². The Morgan fingerprint density at radius 2 is 1.89 bits per heavy atom. The standard InChI is InChI=1S/C15H21F.C2H6/c1-5-11(4)14-9-8-13(16)10-15(14)12(6-2)7-3;1-2/h6,8-11H,5,7H2,1-4H3;1-2H3/b12-6-;.